The first-order chi connectivity index (χ1) is 49.3. The second-order valence-electron chi connectivity index (χ2n) is 25.2. The molecule has 0 N–H and O–H groups in total. The van der Waals surface area contributed by atoms with Gasteiger partial charge in [0.05, 0.1) is 49.6 Å². The molecule has 0 aliphatic carbocycles. The maximum atomic E-state index is 9.41. The predicted molar refractivity (Wildman–Crippen MR) is 411 cm³/mol. The van der Waals surface area contributed by atoms with Crippen LogP contribution in [0.15, 0.2) is 376 Å². The summed E-state index contributed by atoms with van der Waals surface area (Å²) in [5.41, 5.74) is 12.2. The summed E-state index contributed by atoms with van der Waals surface area (Å²) < 4.78 is 45.7. The zero-order chi connectivity index (χ0) is 66.8. The number of nitrogens with zero attached hydrogens (tertiary/aromatic N) is 4. The Hall–Kier alpha value is -12.1. The van der Waals surface area contributed by atoms with Gasteiger partial charge in [0.25, 0.3) is 0 Å². The van der Waals surface area contributed by atoms with Gasteiger partial charge in [0.1, 0.15) is 0 Å². The fraction of sp³-hybridized carbons (Fsp3) is 0. The highest BCUT2D eigenvalue weighted by Gasteiger charge is 2.45. The molecule has 96 heavy (non-hydrogen) atoms. The monoisotopic (exact) mass is 1260 g/mol. The highest BCUT2D eigenvalue weighted by Crippen LogP contribution is 2.39. The van der Waals surface area contributed by atoms with Crippen LogP contribution in [0.5, 0.6) is 0 Å². The van der Waals surface area contributed by atoms with E-state index in [4.69, 9.17) is 2.74 Å². The minimum absolute atomic E-state index is 0.0423. The van der Waals surface area contributed by atoms with Crippen LogP contribution >= 0.6 is 0 Å². The summed E-state index contributed by atoms with van der Waals surface area (Å²) in [4.78, 5) is 0. The lowest BCUT2D eigenvalue weighted by molar-refractivity contribution is 1.17. The Morgan fingerprint density at radius 2 is 0.510 bits per heavy atom. The molecule has 0 bridgehead atoms. The highest BCUT2D eigenvalue weighted by molar-refractivity contribution is 7.21. The Bertz CT molecular complexity index is 6350. The maximum absolute atomic E-state index is 9.41. The summed E-state index contributed by atoms with van der Waals surface area (Å²) in [5.74, 6) is 0. The van der Waals surface area contributed by atoms with Gasteiger partial charge in [0, 0.05) is 65.8 Å². The molecule has 450 valence electrons. The molecule has 4 heterocycles. The third-order valence-corrected chi connectivity index (χ3v) is 29.9. The molecule has 0 amide bonds. The van der Waals surface area contributed by atoms with E-state index >= 15 is 0 Å². The van der Waals surface area contributed by atoms with E-state index in [2.05, 4.69) is 341 Å². The predicted octanol–water partition coefficient (Wildman–Crippen LogP) is 16.8. The van der Waals surface area contributed by atoms with Crippen molar-refractivity contribution >= 4 is 145 Å². The number of hydrogen-bond acceptors (Lipinski definition) is 0. The Kier molecular flexibility index (Phi) is 12.0. The maximum Gasteiger partial charge on any atom is 0.180 e. The fourth-order valence-corrected chi connectivity index (χ4v) is 26.3. The minimum atomic E-state index is -3.30. The molecular formula is C90H62N4Si2. The van der Waals surface area contributed by atoms with Crippen molar-refractivity contribution in [2.45, 2.75) is 0 Å². The lowest BCUT2D eigenvalue weighted by atomic mass is 10.1. The van der Waals surface area contributed by atoms with Gasteiger partial charge in [-0.15, -0.1) is 0 Å². The van der Waals surface area contributed by atoms with Crippen LogP contribution in [0, 0.1) is 0 Å². The van der Waals surface area contributed by atoms with Crippen LogP contribution in [-0.2, 0) is 0 Å². The number of aromatic nitrogens is 4. The van der Waals surface area contributed by atoms with E-state index in [1.807, 2.05) is 28.8 Å². The highest BCUT2D eigenvalue weighted by atomic mass is 28.3. The SMILES string of the molecule is [2H]c1c([2H])c([2H])c2c(c1[2H])c1ccccc1n2-c1cccc([Si](c2ccccc2)(c2ccccc2)c2cccc(-n3c4ccccc4c4cc(-n5c6ccccc6c6c([Si](c7ccccc7)(c7ccccc7)c7cccc(-n8c9ccccc9c9ccccc98)c7)cccc65)ccc43)c2)c1. The van der Waals surface area contributed by atoms with E-state index in [-0.39, 0.29) is 24.2 Å². The first-order valence-corrected chi connectivity index (χ1v) is 36.9. The molecule has 0 spiro atoms. The van der Waals surface area contributed by atoms with Gasteiger partial charge in [-0.05, 0) is 139 Å². The number of para-hydroxylation sites is 6. The van der Waals surface area contributed by atoms with Crippen LogP contribution in [0.2, 0.25) is 0 Å². The van der Waals surface area contributed by atoms with Crippen LogP contribution in [0.25, 0.3) is 110 Å². The normalized spacial score (nSPS) is 12.8. The summed E-state index contributed by atoms with van der Waals surface area (Å²) in [6.45, 7) is 0. The molecule has 19 aromatic rings. The van der Waals surface area contributed by atoms with Gasteiger partial charge in [0.2, 0.25) is 0 Å². The molecule has 6 heteroatoms. The topological polar surface area (TPSA) is 19.7 Å². The molecule has 19 rings (SSSR count). The molecule has 0 atom stereocenters. The summed E-state index contributed by atoms with van der Waals surface area (Å²) in [5, 5.41) is 18.5. The zero-order valence-electron chi connectivity index (χ0n) is 56.3. The molecule has 0 fully saturated rings. The van der Waals surface area contributed by atoms with E-state index in [1.165, 1.54) is 68.9 Å². The molecule has 0 aliphatic rings. The Morgan fingerprint density at radius 1 is 0.198 bits per heavy atom. The van der Waals surface area contributed by atoms with E-state index in [0.717, 1.165) is 71.7 Å². The summed E-state index contributed by atoms with van der Waals surface area (Å²) in [6, 6.07) is 129. The summed E-state index contributed by atoms with van der Waals surface area (Å²) in [7, 11) is -6.54. The average Bonchev–Trinajstić information content (AvgIpc) is 1.64. The summed E-state index contributed by atoms with van der Waals surface area (Å²) >= 11 is 0. The number of benzene rings is 15. The van der Waals surface area contributed by atoms with Gasteiger partial charge in [-0.3, -0.25) is 0 Å². The second-order valence-corrected chi connectivity index (χ2v) is 32.7. The lowest BCUT2D eigenvalue weighted by Gasteiger charge is -2.35. The zero-order valence-corrected chi connectivity index (χ0v) is 54.3. The van der Waals surface area contributed by atoms with Crippen LogP contribution in [0.3, 0.4) is 0 Å². The van der Waals surface area contributed by atoms with Crippen LogP contribution in [-0.4, -0.2) is 34.4 Å². The van der Waals surface area contributed by atoms with Crippen molar-refractivity contribution in [3.05, 3.63) is 376 Å². The summed E-state index contributed by atoms with van der Waals surface area (Å²) in [6.07, 6.45) is 0. The number of fused-ring (bicyclic) bond motifs is 12. The largest absolute Gasteiger partial charge is 0.309 e. The first-order valence-electron chi connectivity index (χ1n) is 34.9. The minimum Gasteiger partial charge on any atom is -0.309 e. The van der Waals surface area contributed by atoms with Gasteiger partial charge < -0.3 is 18.3 Å². The Labute approximate surface area is 564 Å². The standard InChI is InChI=1S/C90H62N4Si2/c1-5-32-67(33-6-1)95(68-34-7-2-8-35-68,71-40-25-29-63(59-71)91-81-49-19-13-43-74(81)75-44-14-20-50-82(75)91)72-41-26-30-64(60-72)93-85-53-23-17-47-78(85)80-62-66(57-58-87(80)93)94-86-54-24-18-48-79(86)90-88(94)55-28-56-89(90)96(69-36-9-3-10-37-69,70-38-11-4-12-39-70)73-42-27-31-65(61-73)92-83-51-21-15-45-76(83)77-46-16-22-52-84(77)92/h1-62H/i13D,19D,43D,49D. The van der Waals surface area contributed by atoms with Crippen molar-refractivity contribution in [1.29, 1.82) is 0 Å². The molecule has 0 saturated carbocycles. The Balaban J connectivity index is 0.812. The molecule has 15 aromatic carbocycles. The first kappa shape index (κ1) is 51.4. The van der Waals surface area contributed by atoms with Crippen molar-refractivity contribution < 1.29 is 5.48 Å². The van der Waals surface area contributed by atoms with Crippen LogP contribution < -0.4 is 41.5 Å². The van der Waals surface area contributed by atoms with Gasteiger partial charge in [-0.25, -0.2) is 0 Å². The molecule has 4 aromatic heterocycles. The van der Waals surface area contributed by atoms with Crippen molar-refractivity contribution in [3.63, 3.8) is 0 Å². The molecule has 4 nitrogen and oxygen atoms in total. The molecule has 0 radical (unpaired) electrons. The molecule has 0 aliphatic heterocycles. The number of hydrogen-bond donors (Lipinski definition) is 0. The van der Waals surface area contributed by atoms with Crippen molar-refractivity contribution in [1.82, 2.24) is 18.3 Å². The van der Waals surface area contributed by atoms with Crippen LogP contribution in [0.4, 0.5) is 0 Å². The van der Waals surface area contributed by atoms with Gasteiger partial charge >= 0.3 is 0 Å². The van der Waals surface area contributed by atoms with E-state index in [0.29, 0.717) is 10.9 Å². The molecule has 0 unspecified atom stereocenters. The van der Waals surface area contributed by atoms with E-state index in [1.54, 1.807) is 0 Å². The van der Waals surface area contributed by atoms with Crippen molar-refractivity contribution in [3.8, 4) is 22.7 Å². The van der Waals surface area contributed by atoms with Gasteiger partial charge in [0.15, 0.2) is 16.1 Å². The van der Waals surface area contributed by atoms with Gasteiger partial charge in [-0.1, -0.05) is 279 Å². The third kappa shape index (κ3) is 8.26. The lowest BCUT2D eigenvalue weighted by Crippen LogP contribution is -2.74. The van der Waals surface area contributed by atoms with E-state index in [9.17, 15) is 2.74 Å². The molecule has 0 saturated heterocycles. The van der Waals surface area contributed by atoms with Crippen LogP contribution in [0.1, 0.15) is 5.48 Å². The Morgan fingerprint density at radius 3 is 0.990 bits per heavy atom. The average molecular weight is 1260 g/mol. The second kappa shape index (κ2) is 22.3. The van der Waals surface area contributed by atoms with Gasteiger partial charge in [-0.2, -0.15) is 0 Å². The smallest absolute Gasteiger partial charge is 0.180 e. The van der Waals surface area contributed by atoms with Crippen molar-refractivity contribution in [2.75, 3.05) is 0 Å². The van der Waals surface area contributed by atoms with Crippen molar-refractivity contribution in [2.24, 2.45) is 0 Å². The molecular weight excluding hydrogens is 1190 g/mol. The van der Waals surface area contributed by atoms with E-state index < -0.39 is 16.1 Å². The quantitative estimate of drug-likeness (QED) is 0.0858. The fourth-order valence-electron chi connectivity index (χ4n) is 16.5. The number of rotatable bonds is 12. The third-order valence-electron chi connectivity index (χ3n) is 20.3.